The Hall–Kier alpha value is -0.790. The van der Waals surface area contributed by atoms with E-state index in [1.165, 1.54) is 0 Å². The molecule has 0 saturated heterocycles. The Morgan fingerprint density at radius 3 is 2.43 bits per heavy atom. The molecule has 1 radical (unpaired) electrons. The van der Waals surface area contributed by atoms with Gasteiger partial charge >= 0.3 is 0 Å². The quantitative estimate of drug-likeness (QED) is 0.483. The highest BCUT2D eigenvalue weighted by Gasteiger charge is 1.91. The zero-order chi connectivity index (χ0) is 5.28. The van der Waals surface area contributed by atoms with Crippen molar-refractivity contribution in [3.05, 3.63) is 17.8 Å². The number of oxazole rings is 1. The minimum absolute atomic E-state index is 0.847. The molecule has 2 nitrogen and oxygen atoms in total. The van der Waals surface area contributed by atoms with Gasteiger partial charge in [0.15, 0.2) is 0 Å². The lowest BCUT2D eigenvalue weighted by Crippen LogP contribution is -1.69. The van der Waals surface area contributed by atoms with Gasteiger partial charge < -0.3 is 4.42 Å². The van der Waals surface area contributed by atoms with Crippen molar-refractivity contribution in [2.45, 2.75) is 13.8 Å². The summed E-state index contributed by atoms with van der Waals surface area (Å²) < 4.78 is 4.73. The van der Waals surface area contributed by atoms with Crippen LogP contribution in [0.15, 0.2) is 4.42 Å². The Bertz CT molecular complexity index is 140. The van der Waals surface area contributed by atoms with Crippen molar-refractivity contribution in [3.8, 4) is 0 Å². The van der Waals surface area contributed by atoms with Crippen LogP contribution in [0.4, 0.5) is 0 Å². The maximum absolute atomic E-state index is 4.73. The van der Waals surface area contributed by atoms with Crippen LogP contribution in [0.2, 0.25) is 0 Å². The van der Waals surface area contributed by atoms with Gasteiger partial charge in [-0.15, -0.1) is 0 Å². The van der Waals surface area contributed by atoms with Gasteiger partial charge in [0.25, 0.3) is 6.39 Å². The molecule has 0 fully saturated rings. The molecule has 1 aromatic heterocycles. The topological polar surface area (TPSA) is 26.0 Å². The summed E-state index contributed by atoms with van der Waals surface area (Å²) in [6, 6.07) is 0. The molecule has 37 valence electrons. The summed E-state index contributed by atoms with van der Waals surface area (Å²) in [6.45, 7) is 3.74. The molecule has 0 spiro atoms. The fourth-order valence-electron chi connectivity index (χ4n) is 0.312. The van der Waals surface area contributed by atoms with E-state index in [4.69, 9.17) is 4.42 Å². The second-order valence-electron chi connectivity index (χ2n) is 1.45. The summed E-state index contributed by atoms with van der Waals surface area (Å²) in [5.74, 6) is 0.847. The Kier molecular flexibility index (Phi) is 0.855. The van der Waals surface area contributed by atoms with Crippen LogP contribution < -0.4 is 0 Å². The maximum Gasteiger partial charge on any atom is 0.284 e. The molecule has 0 aromatic carbocycles. The molecule has 2 heteroatoms. The van der Waals surface area contributed by atoms with Crippen molar-refractivity contribution in [2.24, 2.45) is 0 Å². The number of hydrogen-bond acceptors (Lipinski definition) is 2. The molecule has 1 rings (SSSR count). The second kappa shape index (κ2) is 1.37. The zero-order valence-electron chi connectivity index (χ0n) is 4.36. The van der Waals surface area contributed by atoms with Crippen molar-refractivity contribution < 1.29 is 4.42 Å². The molecular formula is C5H6NO. The van der Waals surface area contributed by atoms with Crippen LogP contribution >= 0.6 is 0 Å². The van der Waals surface area contributed by atoms with Crippen molar-refractivity contribution in [1.29, 1.82) is 0 Å². The maximum atomic E-state index is 4.73. The molecular weight excluding hydrogens is 90.1 g/mol. The normalized spacial score (nSPS) is 9.43. The van der Waals surface area contributed by atoms with Crippen LogP contribution in [0.1, 0.15) is 11.5 Å². The highest BCUT2D eigenvalue weighted by Crippen LogP contribution is 1.98. The fraction of sp³-hybridized carbons (Fsp3) is 0.400. The average molecular weight is 96.1 g/mol. The number of hydrogen-bond donors (Lipinski definition) is 0. The third kappa shape index (κ3) is 0.633. The Labute approximate surface area is 42.2 Å². The molecule has 0 aliphatic heterocycles. The van der Waals surface area contributed by atoms with E-state index in [2.05, 4.69) is 11.4 Å². The lowest BCUT2D eigenvalue weighted by molar-refractivity contribution is 0.516. The molecule has 0 N–H and O–H groups in total. The van der Waals surface area contributed by atoms with Gasteiger partial charge in [0.2, 0.25) is 0 Å². The molecule has 0 bridgehead atoms. The van der Waals surface area contributed by atoms with Gasteiger partial charge in [-0.05, 0) is 13.8 Å². The fourth-order valence-corrected chi connectivity index (χ4v) is 0.312. The zero-order valence-corrected chi connectivity index (χ0v) is 4.36. The number of rotatable bonds is 0. The monoisotopic (exact) mass is 96.0 g/mol. The SMILES string of the molecule is Cc1n[c]oc1C. The van der Waals surface area contributed by atoms with Crippen LogP contribution in [-0.2, 0) is 0 Å². The molecule has 0 aliphatic carbocycles. The molecule has 0 saturated carbocycles. The Morgan fingerprint density at radius 1 is 1.57 bits per heavy atom. The first-order valence-electron chi connectivity index (χ1n) is 2.11. The van der Waals surface area contributed by atoms with Crippen LogP contribution in [0, 0.1) is 20.2 Å². The average Bonchev–Trinajstić information content (AvgIpc) is 1.91. The van der Waals surface area contributed by atoms with Crippen molar-refractivity contribution in [1.82, 2.24) is 4.98 Å². The largest absolute Gasteiger partial charge is 0.438 e. The molecule has 0 amide bonds. The van der Waals surface area contributed by atoms with Gasteiger partial charge in [-0.1, -0.05) is 0 Å². The molecule has 1 aromatic rings. The number of aryl methyl sites for hydroxylation is 2. The Morgan fingerprint density at radius 2 is 2.29 bits per heavy atom. The van der Waals surface area contributed by atoms with E-state index in [9.17, 15) is 0 Å². The van der Waals surface area contributed by atoms with E-state index >= 15 is 0 Å². The third-order valence-corrected chi connectivity index (χ3v) is 0.922. The summed E-state index contributed by atoms with van der Waals surface area (Å²) in [6.07, 6.45) is 2.37. The van der Waals surface area contributed by atoms with Gasteiger partial charge in [0.1, 0.15) is 5.76 Å². The summed E-state index contributed by atoms with van der Waals surface area (Å²) in [4.78, 5) is 3.72. The van der Waals surface area contributed by atoms with Crippen LogP contribution in [0.3, 0.4) is 0 Å². The van der Waals surface area contributed by atoms with Gasteiger partial charge in [-0.2, -0.15) is 0 Å². The Balaban J connectivity index is 3.12. The number of nitrogens with zero attached hydrogens (tertiary/aromatic N) is 1. The van der Waals surface area contributed by atoms with Crippen LogP contribution in [0.25, 0.3) is 0 Å². The molecule has 0 unspecified atom stereocenters. The third-order valence-electron chi connectivity index (χ3n) is 0.922. The predicted molar refractivity (Wildman–Crippen MR) is 24.8 cm³/mol. The smallest absolute Gasteiger partial charge is 0.284 e. The standard InChI is InChI=1S/C5H6NO/c1-4-5(2)7-3-6-4/h1-2H3. The summed E-state index contributed by atoms with van der Waals surface area (Å²) in [5.41, 5.74) is 0.917. The summed E-state index contributed by atoms with van der Waals surface area (Å²) in [5, 5.41) is 0. The minimum Gasteiger partial charge on any atom is -0.438 e. The lowest BCUT2D eigenvalue weighted by atomic mass is 10.4. The predicted octanol–water partition coefficient (Wildman–Crippen LogP) is 1.09. The highest BCUT2D eigenvalue weighted by molar-refractivity contribution is 4.99. The van der Waals surface area contributed by atoms with Gasteiger partial charge in [-0.3, -0.25) is 0 Å². The summed E-state index contributed by atoms with van der Waals surface area (Å²) >= 11 is 0. The van der Waals surface area contributed by atoms with E-state index in [-0.39, 0.29) is 0 Å². The van der Waals surface area contributed by atoms with Crippen LogP contribution in [-0.4, -0.2) is 4.98 Å². The molecule has 0 atom stereocenters. The van der Waals surface area contributed by atoms with Gasteiger partial charge in [-0.25, -0.2) is 4.98 Å². The lowest BCUT2D eigenvalue weighted by Gasteiger charge is -1.76. The van der Waals surface area contributed by atoms with E-state index in [1.54, 1.807) is 0 Å². The van der Waals surface area contributed by atoms with Gasteiger partial charge in [0, 0.05) is 0 Å². The van der Waals surface area contributed by atoms with E-state index in [0.717, 1.165) is 11.5 Å². The molecule has 0 aliphatic rings. The first-order valence-corrected chi connectivity index (χ1v) is 2.11. The van der Waals surface area contributed by atoms with Crippen LogP contribution in [0.5, 0.6) is 0 Å². The van der Waals surface area contributed by atoms with Crippen molar-refractivity contribution in [3.63, 3.8) is 0 Å². The minimum atomic E-state index is 0.847. The second-order valence-corrected chi connectivity index (χ2v) is 1.45. The van der Waals surface area contributed by atoms with E-state index < -0.39 is 0 Å². The van der Waals surface area contributed by atoms with E-state index in [1.807, 2.05) is 13.8 Å². The first kappa shape index (κ1) is 4.37. The molecule has 1 heterocycles. The summed E-state index contributed by atoms with van der Waals surface area (Å²) in [7, 11) is 0. The van der Waals surface area contributed by atoms with E-state index in [0.29, 0.717) is 0 Å². The van der Waals surface area contributed by atoms with Gasteiger partial charge in [0.05, 0.1) is 5.69 Å². The first-order chi connectivity index (χ1) is 3.30. The highest BCUT2D eigenvalue weighted by atomic mass is 16.3. The number of aromatic nitrogens is 1. The van der Waals surface area contributed by atoms with Crippen molar-refractivity contribution >= 4 is 0 Å². The molecule has 7 heavy (non-hydrogen) atoms. The van der Waals surface area contributed by atoms with Crippen molar-refractivity contribution in [2.75, 3.05) is 0 Å².